The average molecular weight is 303 g/mol. The molecule has 0 aromatic heterocycles. The Morgan fingerprint density at radius 1 is 1.38 bits per heavy atom. The number of carbonyl (C=O) groups is 2. The fourth-order valence-corrected chi connectivity index (χ4v) is 2.12. The fraction of sp³-hybridized carbons (Fsp3) is 0.385. The third-order valence-electron chi connectivity index (χ3n) is 3.03. The highest BCUT2D eigenvalue weighted by Crippen LogP contribution is 2.37. The van der Waals surface area contributed by atoms with E-state index in [-0.39, 0.29) is 18.7 Å². The highest BCUT2D eigenvalue weighted by molar-refractivity contribution is 5.96. The number of halogens is 3. The van der Waals surface area contributed by atoms with E-state index in [2.05, 4.69) is 0 Å². The Kier molecular flexibility index (Phi) is 4.17. The minimum atomic E-state index is -4.60. The number of hydrogen-bond donors (Lipinski definition) is 1. The van der Waals surface area contributed by atoms with Crippen LogP contribution in [0.5, 0.6) is 0 Å². The first-order valence-electron chi connectivity index (χ1n) is 6.09. The Morgan fingerprint density at radius 3 is 2.67 bits per heavy atom. The summed E-state index contributed by atoms with van der Waals surface area (Å²) >= 11 is 0. The Bertz CT molecular complexity index is 559. The van der Waals surface area contributed by atoms with Gasteiger partial charge in [0.05, 0.1) is 30.3 Å². The highest BCUT2D eigenvalue weighted by atomic mass is 19.4. The molecule has 1 aliphatic heterocycles. The van der Waals surface area contributed by atoms with Crippen molar-refractivity contribution in [2.45, 2.75) is 18.7 Å². The smallest absolute Gasteiger partial charge is 0.418 e. The third kappa shape index (κ3) is 3.52. The van der Waals surface area contributed by atoms with Gasteiger partial charge in [0.2, 0.25) is 0 Å². The molecule has 1 N–H and O–H groups in total. The number of anilines is 1. The Morgan fingerprint density at radius 2 is 2.05 bits per heavy atom. The maximum atomic E-state index is 13.0. The van der Waals surface area contributed by atoms with E-state index in [1.54, 1.807) is 0 Å². The predicted molar refractivity (Wildman–Crippen MR) is 65.8 cm³/mol. The van der Waals surface area contributed by atoms with Crippen molar-refractivity contribution in [3.05, 3.63) is 29.8 Å². The molecule has 114 valence electrons. The molecule has 0 saturated carbocycles. The van der Waals surface area contributed by atoms with Gasteiger partial charge in [-0.2, -0.15) is 13.2 Å². The van der Waals surface area contributed by atoms with E-state index in [0.717, 1.165) is 11.0 Å². The molecule has 1 aliphatic rings. The van der Waals surface area contributed by atoms with E-state index in [4.69, 9.17) is 9.84 Å². The van der Waals surface area contributed by atoms with Crippen molar-refractivity contribution in [2.24, 2.45) is 0 Å². The summed E-state index contributed by atoms with van der Waals surface area (Å²) in [6.45, 7) is -0.664. The molecule has 1 atom stereocenters. The van der Waals surface area contributed by atoms with Gasteiger partial charge in [0.25, 0.3) is 5.91 Å². The largest absolute Gasteiger partial charge is 0.481 e. The van der Waals surface area contributed by atoms with Crippen LogP contribution in [0.15, 0.2) is 24.3 Å². The number of rotatable bonds is 3. The Labute approximate surface area is 117 Å². The topological polar surface area (TPSA) is 66.8 Å². The molecule has 21 heavy (non-hydrogen) atoms. The first-order valence-corrected chi connectivity index (χ1v) is 6.09. The molecule has 8 heteroatoms. The standard InChI is InChI=1S/C13H12F3NO4/c14-13(15,16)9-3-1-2-4-10(9)17-6-8(5-12(19)20)21-7-11(17)18/h1-4,8H,5-7H2,(H,19,20). The van der Waals surface area contributed by atoms with Crippen LogP contribution in [-0.2, 0) is 20.5 Å². The SMILES string of the molecule is O=C(O)CC1CN(c2ccccc2C(F)(F)F)C(=O)CO1. The van der Waals surface area contributed by atoms with Crippen molar-refractivity contribution in [3.63, 3.8) is 0 Å². The maximum Gasteiger partial charge on any atom is 0.418 e. The number of para-hydroxylation sites is 1. The minimum absolute atomic E-state index is 0.224. The van der Waals surface area contributed by atoms with Crippen LogP contribution in [0, 0.1) is 0 Å². The number of hydrogen-bond acceptors (Lipinski definition) is 3. The summed E-state index contributed by atoms with van der Waals surface area (Å²) in [5, 5.41) is 8.71. The lowest BCUT2D eigenvalue weighted by Crippen LogP contribution is -2.48. The maximum absolute atomic E-state index is 13.0. The van der Waals surface area contributed by atoms with Crippen molar-refractivity contribution in [2.75, 3.05) is 18.1 Å². The Balaban J connectivity index is 2.31. The molecule has 1 heterocycles. The normalized spacial score (nSPS) is 19.7. The van der Waals surface area contributed by atoms with E-state index in [1.807, 2.05) is 0 Å². The lowest BCUT2D eigenvalue weighted by Gasteiger charge is -2.33. The van der Waals surface area contributed by atoms with E-state index < -0.39 is 36.3 Å². The van der Waals surface area contributed by atoms with Crippen molar-refractivity contribution in [1.29, 1.82) is 0 Å². The van der Waals surface area contributed by atoms with Crippen molar-refractivity contribution in [1.82, 2.24) is 0 Å². The van der Waals surface area contributed by atoms with E-state index in [9.17, 15) is 22.8 Å². The molecule has 1 saturated heterocycles. The average Bonchev–Trinajstić information content (AvgIpc) is 2.39. The zero-order chi connectivity index (χ0) is 15.6. The third-order valence-corrected chi connectivity index (χ3v) is 3.03. The lowest BCUT2D eigenvalue weighted by molar-refractivity contribution is -0.144. The van der Waals surface area contributed by atoms with Crippen molar-refractivity contribution >= 4 is 17.6 Å². The number of nitrogens with zero attached hydrogens (tertiary/aromatic N) is 1. The number of ether oxygens (including phenoxy) is 1. The monoisotopic (exact) mass is 303 g/mol. The molecule has 1 amide bonds. The molecule has 1 aromatic rings. The molecule has 1 unspecified atom stereocenters. The van der Waals surface area contributed by atoms with Gasteiger partial charge in [0.15, 0.2) is 0 Å². The molecule has 5 nitrogen and oxygen atoms in total. The number of carbonyl (C=O) groups excluding carboxylic acids is 1. The van der Waals surface area contributed by atoms with Gasteiger partial charge in [-0.05, 0) is 12.1 Å². The Hall–Kier alpha value is -2.09. The van der Waals surface area contributed by atoms with Crippen LogP contribution < -0.4 is 4.90 Å². The number of amides is 1. The predicted octanol–water partition coefficient (Wildman–Crippen LogP) is 1.91. The van der Waals surface area contributed by atoms with Gasteiger partial charge in [0.1, 0.15) is 6.61 Å². The molecule has 0 spiro atoms. The first-order chi connectivity index (χ1) is 9.79. The van der Waals surface area contributed by atoms with E-state index >= 15 is 0 Å². The van der Waals surface area contributed by atoms with Crippen molar-refractivity contribution in [3.8, 4) is 0 Å². The fourth-order valence-electron chi connectivity index (χ4n) is 2.12. The van der Waals surface area contributed by atoms with E-state index in [1.165, 1.54) is 18.2 Å². The van der Waals surface area contributed by atoms with Gasteiger partial charge in [-0.15, -0.1) is 0 Å². The molecule has 1 aromatic carbocycles. The number of aliphatic carboxylic acids is 1. The second kappa shape index (κ2) is 5.72. The van der Waals surface area contributed by atoms with Gasteiger partial charge in [-0.25, -0.2) is 0 Å². The zero-order valence-electron chi connectivity index (χ0n) is 10.8. The lowest BCUT2D eigenvalue weighted by atomic mass is 10.1. The summed E-state index contributed by atoms with van der Waals surface area (Å²) in [7, 11) is 0. The van der Waals surface area contributed by atoms with Gasteiger partial charge in [0, 0.05) is 0 Å². The second-order valence-corrected chi connectivity index (χ2v) is 4.55. The van der Waals surface area contributed by atoms with Gasteiger partial charge >= 0.3 is 12.1 Å². The van der Waals surface area contributed by atoms with Crippen LogP contribution in [0.4, 0.5) is 18.9 Å². The minimum Gasteiger partial charge on any atom is -0.481 e. The summed E-state index contributed by atoms with van der Waals surface area (Å²) in [6.07, 6.45) is -5.81. The van der Waals surface area contributed by atoms with Gasteiger partial charge in [-0.3, -0.25) is 9.59 Å². The number of alkyl halides is 3. The van der Waals surface area contributed by atoms with Crippen LogP contribution in [-0.4, -0.2) is 36.2 Å². The summed E-state index contributed by atoms with van der Waals surface area (Å²) in [4.78, 5) is 23.4. The first kappa shape index (κ1) is 15.3. The van der Waals surface area contributed by atoms with Crippen LogP contribution in [0.3, 0.4) is 0 Å². The quantitative estimate of drug-likeness (QED) is 0.926. The number of carboxylic acid groups (broad SMARTS) is 1. The zero-order valence-corrected chi connectivity index (χ0v) is 10.8. The summed E-state index contributed by atoms with van der Waals surface area (Å²) in [6, 6.07) is 4.68. The molecular formula is C13H12F3NO4. The molecule has 0 radical (unpaired) electrons. The van der Waals surface area contributed by atoms with Crippen LogP contribution >= 0.6 is 0 Å². The molecule has 0 aliphatic carbocycles. The molecule has 0 bridgehead atoms. The van der Waals surface area contributed by atoms with Gasteiger partial charge < -0.3 is 14.7 Å². The summed E-state index contributed by atoms with van der Waals surface area (Å²) in [5.41, 5.74) is -1.22. The van der Waals surface area contributed by atoms with Crippen LogP contribution in [0.1, 0.15) is 12.0 Å². The second-order valence-electron chi connectivity index (χ2n) is 4.55. The van der Waals surface area contributed by atoms with Crippen LogP contribution in [0.2, 0.25) is 0 Å². The van der Waals surface area contributed by atoms with Gasteiger partial charge in [-0.1, -0.05) is 12.1 Å². The molecule has 2 rings (SSSR count). The molecule has 1 fully saturated rings. The van der Waals surface area contributed by atoms with Crippen LogP contribution in [0.25, 0.3) is 0 Å². The number of morpholine rings is 1. The highest BCUT2D eigenvalue weighted by Gasteiger charge is 2.38. The number of benzene rings is 1. The summed E-state index contributed by atoms with van der Waals surface area (Å²) < 4.78 is 43.9. The molecular weight excluding hydrogens is 291 g/mol. The summed E-state index contributed by atoms with van der Waals surface area (Å²) in [5.74, 6) is -1.77. The number of carboxylic acids is 1. The van der Waals surface area contributed by atoms with E-state index in [0.29, 0.717) is 0 Å². The van der Waals surface area contributed by atoms with Crippen molar-refractivity contribution < 1.29 is 32.6 Å².